The molecule has 0 aliphatic rings. The SMILES string of the molecule is CC(C)CC(NC(=O)C(NC(=O)c1cc(-c2ccccc2)ccn1)C(C)O)B(O)O. The number of benzene rings is 1. The Morgan fingerprint density at radius 1 is 1.03 bits per heavy atom. The van der Waals surface area contributed by atoms with Gasteiger partial charge in [-0.2, -0.15) is 0 Å². The standard InChI is InChI=1S/C21H28BN3O5/c1-13(2)11-18(22(29)30)24-21(28)19(14(3)26)25-20(27)17-12-16(9-10-23-17)15-7-5-4-6-8-15/h4-10,12-14,18-19,26,29-30H,11H2,1-3H3,(H,24,28)(H,25,27). The van der Waals surface area contributed by atoms with Crippen LogP contribution in [0.1, 0.15) is 37.7 Å². The van der Waals surface area contributed by atoms with E-state index in [4.69, 9.17) is 0 Å². The highest BCUT2D eigenvalue weighted by Crippen LogP contribution is 2.19. The van der Waals surface area contributed by atoms with Crippen molar-refractivity contribution in [1.82, 2.24) is 15.6 Å². The molecule has 1 heterocycles. The van der Waals surface area contributed by atoms with Gasteiger partial charge < -0.3 is 25.8 Å². The van der Waals surface area contributed by atoms with Crippen LogP contribution in [0.25, 0.3) is 11.1 Å². The second kappa shape index (κ2) is 10.9. The maximum atomic E-state index is 12.7. The van der Waals surface area contributed by atoms with Gasteiger partial charge in [-0.3, -0.25) is 14.6 Å². The van der Waals surface area contributed by atoms with Gasteiger partial charge in [0, 0.05) is 6.20 Å². The van der Waals surface area contributed by atoms with E-state index in [1.54, 1.807) is 12.1 Å². The highest BCUT2D eigenvalue weighted by molar-refractivity contribution is 6.43. The molecule has 3 atom stereocenters. The van der Waals surface area contributed by atoms with Crippen molar-refractivity contribution in [3.05, 3.63) is 54.4 Å². The molecular formula is C21H28BN3O5. The Labute approximate surface area is 176 Å². The summed E-state index contributed by atoms with van der Waals surface area (Å²) in [5.74, 6) is -2.16. The van der Waals surface area contributed by atoms with Gasteiger partial charge >= 0.3 is 7.12 Å². The molecule has 0 aliphatic heterocycles. The van der Waals surface area contributed by atoms with E-state index < -0.39 is 37.0 Å². The maximum Gasteiger partial charge on any atom is 0.475 e. The molecule has 3 unspecified atom stereocenters. The lowest BCUT2D eigenvalue weighted by Gasteiger charge is -2.25. The van der Waals surface area contributed by atoms with E-state index in [9.17, 15) is 24.7 Å². The van der Waals surface area contributed by atoms with Crippen molar-refractivity contribution in [2.45, 2.75) is 45.3 Å². The minimum Gasteiger partial charge on any atom is -0.426 e. The molecule has 0 bridgehead atoms. The fourth-order valence-electron chi connectivity index (χ4n) is 3.02. The van der Waals surface area contributed by atoms with Gasteiger partial charge in [0.05, 0.1) is 12.0 Å². The molecule has 2 amide bonds. The number of pyridine rings is 1. The topological polar surface area (TPSA) is 132 Å². The van der Waals surface area contributed by atoms with E-state index in [2.05, 4.69) is 15.6 Å². The first-order valence-corrected chi connectivity index (χ1v) is 9.86. The van der Waals surface area contributed by atoms with E-state index in [1.807, 2.05) is 44.2 Å². The summed E-state index contributed by atoms with van der Waals surface area (Å²) in [5, 5.41) is 34.0. The Kier molecular flexibility index (Phi) is 8.52. The molecule has 0 saturated carbocycles. The third-order valence-corrected chi connectivity index (χ3v) is 4.56. The zero-order valence-corrected chi connectivity index (χ0v) is 17.3. The number of aliphatic hydroxyl groups is 1. The Hall–Kier alpha value is -2.75. The highest BCUT2D eigenvalue weighted by atomic mass is 16.4. The molecule has 0 radical (unpaired) electrons. The summed E-state index contributed by atoms with van der Waals surface area (Å²) in [7, 11) is -1.76. The molecule has 2 rings (SSSR count). The van der Waals surface area contributed by atoms with E-state index in [-0.39, 0.29) is 11.6 Å². The van der Waals surface area contributed by atoms with Crippen LogP contribution in [0.15, 0.2) is 48.7 Å². The molecule has 8 nitrogen and oxygen atoms in total. The predicted molar refractivity (Wildman–Crippen MR) is 114 cm³/mol. The van der Waals surface area contributed by atoms with Gasteiger partial charge in [-0.15, -0.1) is 0 Å². The summed E-state index contributed by atoms with van der Waals surface area (Å²) >= 11 is 0. The fourth-order valence-corrected chi connectivity index (χ4v) is 3.02. The summed E-state index contributed by atoms with van der Waals surface area (Å²) in [4.78, 5) is 29.3. The normalized spacial score (nSPS) is 14.0. The molecule has 2 aromatic rings. The van der Waals surface area contributed by atoms with Crippen molar-refractivity contribution in [1.29, 1.82) is 0 Å². The molecule has 0 saturated heterocycles. The molecule has 1 aromatic carbocycles. The number of carbonyl (C=O) groups excluding carboxylic acids is 2. The van der Waals surface area contributed by atoms with Crippen molar-refractivity contribution in [2.24, 2.45) is 5.92 Å². The van der Waals surface area contributed by atoms with Crippen LogP contribution in [0, 0.1) is 5.92 Å². The summed E-state index contributed by atoms with van der Waals surface area (Å²) in [6.45, 7) is 5.12. The number of amides is 2. The zero-order chi connectivity index (χ0) is 22.3. The van der Waals surface area contributed by atoms with Gasteiger partial charge in [-0.1, -0.05) is 44.2 Å². The minimum atomic E-state index is -1.76. The second-order valence-corrected chi connectivity index (χ2v) is 7.65. The van der Waals surface area contributed by atoms with Gasteiger partial charge in [0.25, 0.3) is 5.91 Å². The summed E-state index contributed by atoms with van der Waals surface area (Å²) in [6, 6.07) is 11.5. The van der Waals surface area contributed by atoms with Crippen molar-refractivity contribution in [3.8, 4) is 11.1 Å². The first-order chi connectivity index (χ1) is 14.2. The van der Waals surface area contributed by atoms with Crippen molar-refractivity contribution in [3.63, 3.8) is 0 Å². The van der Waals surface area contributed by atoms with Crippen LogP contribution in [-0.4, -0.2) is 57.2 Å². The number of nitrogens with one attached hydrogen (secondary N) is 2. The van der Waals surface area contributed by atoms with Crippen LogP contribution in [0.5, 0.6) is 0 Å². The molecule has 160 valence electrons. The number of hydrogen-bond donors (Lipinski definition) is 5. The number of aliphatic hydroxyl groups excluding tert-OH is 1. The van der Waals surface area contributed by atoms with Crippen molar-refractivity contribution in [2.75, 3.05) is 0 Å². The molecule has 1 aromatic heterocycles. The first kappa shape index (κ1) is 23.5. The molecular weight excluding hydrogens is 385 g/mol. The van der Waals surface area contributed by atoms with Crippen molar-refractivity contribution < 1.29 is 24.7 Å². The van der Waals surface area contributed by atoms with E-state index in [0.717, 1.165) is 11.1 Å². The van der Waals surface area contributed by atoms with Gasteiger partial charge in [-0.05, 0) is 42.5 Å². The maximum absolute atomic E-state index is 12.7. The molecule has 0 fully saturated rings. The van der Waals surface area contributed by atoms with Crippen molar-refractivity contribution >= 4 is 18.9 Å². The monoisotopic (exact) mass is 413 g/mol. The van der Waals surface area contributed by atoms with Crippen LogP contribution in [0.3, 0.4) is 0 Å². The Morgan fingerprint density at radius 3 is 2.27 bits per heavy atom. The van der Waals surface area contributed by atoms with E-state index in [1.165, 1.54) is 13.1 Å². The fraction of sp³-hybridized carbons (Fsp3) is 0.381. The average molecular weight is 413 g/mol. The van der Waals surface area contributed by atoms with Gasteiger partial charge in [-0.25, -0.2) is 0 Å². The number of rotatable bonds is 9. The molecule has 9 heteroatoms. The van der Waals surface area contributed by atoms with Crippen LogP contribution in [0.2, 0.25) is 0 Å². The molecule has 30 heavy (non-hydrogen) atoms. The zero-order valence-electron chi connectivity index (χ0n) is 17.3. The third kappa shape index (κ3) is 6.65. The van der Waals surface area contributed by atoms with Gasteiger partial charge in [0.15, 0.2) is 0 Å². The Morgan fingerprint density at radius 2 is 1.70 bits per heavy atom. The summed E-state index contributed by atoms with van der Waals surface area (Å²) in [5.41, 5.74) is 1.79. The van der Waals surface area contributed by atoms with Crippen LogP contribution in [0.4, 0.5) is 0 Å². The second-order valence-electron chi connectivity index (χ2n) is 7.65. The number of nitrogens with zero attached hydrogens (tertiary/aromatic N) is 1. The third-order valence-electron chi connectivity index (χ3n) is 4.56. The summed E-state index contributed by atoms with van der Waals surface area (Å²) < 4.78 is 0. The molecule has 0 spiro atoms. The Bertz CT molecular complexity index is 846. The number of carbonyl (C=O) groups is 2. The minimum absolute atomic E-state index is 0.0933. The largest absolute Gasteiger partial charge is 0.475 e. The smallest absolute Gasteiger partial charge is 0.426 e. The quantitative estimate of drug-likeness (QED) is 0.386. The predicted octanol–water partition coefficient (Wildman–Crippen LogP) is 0.771. The van der Waals surface area contributed by atoms with Crippen LogP contribution < -0.4 is 10.6 Å². The highest BCUT2D eigenvalue weighted by Gasteiger charge is 2.32. The molecule has 5 N–H and O–H groups in total. The lowest BCUT2D eigenvalue weighted by molar-refractivity contribution is -0.125. The Balaban J connectivity index is 2.14. The average Bonchev–Trinajstić information content (AvgIpc) is 2.71. The lowest BCUT2D eigenvalue weighted by Crippen LogP contribution is -2.57. The van der Waals surface area contributed by atoms with Crippen LogP contribution >= 0.6 is 0 Å². The van der Waals surface area contributed by atoms with Gasteiger partial charge in [0.2, 0.25) is 5.91 Å². The number of hydrogen-bond acceptors (Lipinski definition) is 6. The van der Waals surface area contributed by atoms with E-state index in [0.29, 0.717) is 6.42 Å². The van der Waals surface area contributed by atoms with E-state index >= 15 is 0 Å². The molecule has 0 aliphatic carbocycles. The van der Waals surface area contributed by atoms with Gasteiger partial charge in [0.1, 0.15) is 11.7 Å². The van der Waals surface area contributed by atoms with Crippen LogP contribution in [-0.2, 0) is 4.79 Å². The first-order valence-electron chi connectivity index (χ1n) is 9.86. The number of aromatic nitrogens is 1. The lowest BCUT2D eigenvalue weighted by atomic mass is 9.75. The summed E-state index contributed by atoms with van der Waals surface area (Å²) in [6.07, 6.45) is 0.613.